The zero-order valence-corrected chi connectivity index (χ0v) is 10.4. The first kappa shape index (κ1) is 12.7. The van der Waals surface area contributed by atoms with Crippen LogP contribution in [-0.2, 0) is 4.43 Å². The van der Waals surface area contributed by atoms with Crippen molar-refractivity contribution in [3.63, 3.8) is 0 Å². The molecule has 0 spiro atoms. The molecule has 2 heteroatoms. The molecule has 0 fully saturated rings. The van der Waals surface area contributed by atoms with Crippen LogP contribution in [0.4, 0.5) is 0 Å². The molecular formula is C11H22OSi. The highest BCUT2D eigenvalue weighted by molar-refractivity contribution is 6.69. The second-order valence-electron chi connectivity index (χ2n) is 4.40. The van der Waals surface area contributed by atoms with Gasteiger partial charge in [0.25, 0.3) is 0 Å². The predicted octanol–water partition coefficient (Wildman–Crippen LogP) is 3.42. The Hall–Kier alpha value is -0.263. The first-order chi connectivity index (χ1) is 5.99. The summed E-state index contributed by atoms with van der Waals surface area (Å²) in [4.78, 5) is 0. The van der Waals surface area contributed by atoms with Gasteiger partial charge in [-0.25, -0.2) is 0 Å². The Morgan fingerprint density at radius 1 is 1.38 bits per heavy atom. The molecule has 76 valence electrons. The molecule has 0 aliphatic carbocycles. The van der Waals surface area contributed by atoms with E-state index >= 15 is 0 Å². The minimum Gasteiger partial charge on any atom is -0.414 e. The molecule has 0 saturated carbocycles. The van der Waals surface area contributed by atoms with E-state index in [1.54, 1.807) is 0 Å². The van der Waals surface area contributed by atoms with Crippen LogP contribution in [0.5, 0.6) is 0 Å². The fraction of sp³-hybridized carbons (Fsp3) is 0.818. The highest BCUT2D eigenvalue weighted by Crippen LogP contribution is 2.14. The predicted molar refractivity (Wildman–Crippen MR) is 61.2 cm³/mol. The Morgan fingerprint density at radius 2 is 2.00 bits per heavy atom. The van der Waals surface area contributed by atoms with Gasteiger partial charge in [-0.05, 0) is 26.1 Å². The second kappa shape index (κ2) is 6.23. The van der Waals surface area contributed by atoms with Crippen molar-refractivity contribution in [3.05, 3.63) is 0 Å². The molecule has 1 unspecified atom stereocenters. The molecule has 0 N–H and O–H groups in total. The summed E-state index contributed by atoms with van der Waals surface area (Å²) in [5.41, 5.74) is 0. The van der Waals surface area contributed by atoms with E-state index < -0.39 is 8.32 Å². The lowest BCUT2D eigenvalue weighted by atomic mass is 10.1. The maximum Gasteiger partial charge on any atom is 0.184 e. The van der Waals surface area contributed by atoms with Crippen molar-refractivity contribution in [2.24, 2.45) is 0 Å². The van der Waals surface area contributed by atoms with E-state index in [-0.39, 0.29) is 0 Å². The second-order valence-corrected chi connectivity index (χ2v) is 8.86. The van der Waals surface area contributed by atoms with Gasteiger partial charge in [-0.2, -0.15) is 0 Å². The first-order valence-electron chi connectivity index (χ1n) is 5.11. The third-order valence-electron chi connectivity index (χ3n) is 1.75. The molecule has 1 atom stereocenters. The topological polar surface area (TPSA) is 9.23 Å². The fourth-order valence-electron chi connectivity index (χ4n) is 1.27. The molecule has 13 heavy (non-hydrogen) atoms. The highest BCUT2D eigenvalue weighted by Gasteiger charge is 2.19. The van der Waals surface area contributed by atoms with Gasteiger partial charge in [0.2, 0.25) is 0 Å². The minimum atomic E-state index is -1.40. The van der Waals surface area contributed by atoms with Crippen LogP contribution >= 0.6 is 0 Å². The SMILES string of the molecule is C#CCC(CCCC)O[Si](C)(C)C. The van der Waals surface area contributed by atoms with Crippen molar-refractivity contribution in [1.82, 2.24) is 0 Å². The molecule has 0 aliphatic heterocycles. The summed E-state index contributed by atoms with van der Waals surface area (Å²) in [6.07, 6.45) is 9.93. The van der Waals surface area contributed by atoms with E-state index in [4.69, 9.17) is 10.8 Å². The van der Waals surface area contributed by atoms with Crippen molar-refractivity contribution in [2.45, 2.75) is 58.4 Å². The quantitative estimate of drug-likeness (QED) is 0.469. The van der Waals surface area contributed by atoms with Gasteiger partial charge in [-0.15, -0.1) is 12.3 Å². The van der Waals surface area contributed by atoms with Gasteiger partial charge in [-0.3, -0.25) is 0 Å². The molecule has 0 rings (SSSR count). The Morgan fingerprint density at radius 3 is 2.38 bits per heavy atom. The average Bonchev–Trinajstić information content (AvgIpc) is 1.98. The van der Waals surface area contributed by atoms with Crippen LogP contribution in [-0.4, -0.2) is 14.4 Å². The number of hydrogen-bond acceptors (Lipinski definition) is 1. The Bertz CT molecular complexity index is 164. The van der Waals surface area contributed by atoms with Crippen LogP contribution in [0.1, 0.15) is 32.6 Å². The standard InChI is InChI=1S/C11H22OSi/c1-6-8-10-11(9-7-2)12-13(3,4)5/h2,11H,6,8-10H2,1,3-5H3. The van der Waals surface area contributed by atoms with Crippen molar-refractivity contribution in [2.75, 3.05) is 0 Å². The summed E-state index contributed by atoms with van der Waals surface area (Å²) in [6.45, 7) is 8.83. The normalized spacial score (nSPS) is 13.8. The van der Waals surface area contributed by atoms with Gasteiger partial charge in [0.15, 0.2) is 8.32 Å². The molecule has 0 saturated heterocycles. The molecular weight excluding hydrogens is 176 g/mol. The van der Waals surface area contributed by atoms with Crippen LogP contribution in [0, 0.1) is 12.3 Å². The number of unbranched alkanes of at least 4 members (excludes halogenated alkanes) is 1. The van der Waals surface area contributed by atoms with Gasteiger partial charge < -0.3 is 4.43 Å². The van der Waals surface area contributed by atoms with Crippen LogP contribution in [0.3, 0.4) is 0 Å². The first-order valence-corrected chi connectivity index (χ1v) is 8.51. The van der Waals surface area contributed by atoms with E-state index in [2.05, 4.69) is 32.5 Å². The van der Waals surface area contributed by atoms with E-state index in [9.17, 15) is 0 Å². The summed E-state index contributed by atoms with van der Waals surface area (Å²) in [6, 6.07) is 0. The van der Waals surface area contributed by atoms with E-state index in [1.165, 1.54) is 12.8 Å². The molecule has 0 aromatic rings. The molecule has 1 nitrogen and oxygen atoms in total. The Balaban J connectivity index is 3.88. The summed E-state index contributed by atoms with van der Waals surface area (Å²) >= 11 is 0. The molecule has 0 amide bonds. The van der Waals surface area contributed by atoms with Gasteiger partial charge in [0.05, 0.1) is 6.10 Å². The van der Waals surface area contributed by atoms with Crippen LogP contribution in [0.2, 0.25) is 19.6 Å². The molecule has 0 heterocycles. The zero-order valence-electron chi connectivity index (χ0n) is 9.39. The minimum absolute atomic E-state index is 0.302. The molecule has 0 aromatic heterocycles. The van der Waals surface area contributed by atoms with Crippen molar-refractivity contribution in [1.29, 1.82) is 0 Å². The summed E-state index contributed by atoms with van der Waals surface area (Å²) in [5.74, 6) is 2.70. The lowest BCUT2D eigenvalue weighted by Crippen LogP contribution is -2.31. The Labute approximate surface area is 84.0 Å². The molecule has 0 radical (unpaired) electrons. The van der Waals surface area contributed by atoms with Gasteiger partial charge in [0, 0.05) is 6.42 Å². The van der Waals surface area contributed by atoms with Gasteiger partial charge >= 0.3 is 0 Å². The summed E-state index contributed by atoms with van der Waals surface area (Å²) < 4.78 is 5.98. The smallest absolute Gasteiger partial charge is 0.184 e. The monoisotopic (exact) mass is 198 g/mol. The van der Waals surface area contributed by atoms with Crippen LogP contribution in [0.15, 0.2) is 0 Å². The molecule has 0 aromatic carbocycles. The van der Waals surface area contributed by atoms with E-state index in [1.807, 2.05) is 0 Å². The average molecular weight is 198 g/mol. The number of hydrogen-bond donors (Lipinski definition) is 0. The number of terminal acetylenes is 1. The molecule has 0 aliphatic rings. The van der Waals surface area contributed by atoms with Crippen molar-refractivity contribution < 1.29 is 4.43 Å². The maximum atomic E-state index is 5.98. The number of rotatable bonds is 6. The summed E-state index contributed by atoms with van der Waals surface area (Å²) in [7, 11) is -1.40. The highest BCUT2D eigenvalue weighted by atomic mass is 28.4. The maximum absolute atomic E-state index is 5.98. The lowest BCUT2D eigenvalue weighted by molar-refractivity contribution is 0.186. The van der Waals surface area contributed by atoms with Crippen LogP contribution < -0.4 is 0 Å². The summed E-state index contributed by atoms with van der Waals surface area (Å²) in [5, 5.41) is 0. The van der Waals surface area contributed by atoms with E-state index in [0.717, 1.165) is 12.8 Å². The largest absolute Gasteiger partial charge is 0.414 e. The van der Waals surface area contributed by atoms with Gasteiger partial charge in [-0.1, -0.05) is 19.8 Å². The molecule has 0 bridgehead atoms. The third-order valence-corrected chi connectivity index (χ3v) is 2.79. The van der Waals surface area contributed by atoms with Crippen LogP contribution in [0.25, 0.3) is 0 Å². The van der Waals surface area contributed by atoms with E-state index in [0.29, 0.717) is 6.10 Å². The lowest BCUT2D eigenvalue weighted by Gasteiger charge is -2.25. The third kappa shape index (κ3) is 8.08. The fourth-order valence-corrected chi connectivity index (χ4v) is 2.47. The van der Waals surface area contributed by atoms with Crippen molar-refractivity contribution in [3.8, 4) is 12.3 Å². The zero-order chi connectivity index (χ0) is 10.3. The Kier molecular flexibility index (Phi) is 6.10. The van der Waals surface area contributed by atoms with Crippen molar-refractivity contribution >= 4 is 8.32 Å². The van der Waals surface area contributed by atoms with Gasteiger partial charge in [0.1, 0.15) is 0 Å².